The second-order valence-corrected chi connectivity index (χ2v) is 6.12. The Balaban J connectivity index is 1.57. The Morgan fingerprint density at radius 2 is 2.07 bits per heavy atom. The molecular formula is C20H13FN4O3. The highest BCUT2D eigenvalue weighted by atomic mass is 19.1. The van der Waals surface area contributed by atoms with E-state index in [9.17, 15) is 18.8 Å². The van der Waals surface area contributed by atoms with Crippen LogP contribution in [0, 0.1) is 5.82 Å². The van der Waals surface area contributed by atoms with Gasteiger partial charge in [0.1, 0.15) is 17.2 Å². The number of hydrogen-bond donors (Lipinski definition) is 1. The van der Waals surface area contributed by atoms with E-state index in [2.05, 4.69) is 15.3 Å². The van der Waals surface area contributed by atoms with Crippen molar-refractivity contribution in [3.8, 4) is 0 Å². The summed E-state index contributed by atoms with van der Waals surface area (Å²) < 4.78 is 15.0. The fourth-order valence-electron chi connectivity index (χ4n) is 2.84. The highest BCUT2D eigenvalue weighted by Crippen LogP contribution is 2.18. The van der Waals surface area contributed by atoms with E-state index in [1.807, 2.05) is 0 Å². The van der Waals surface area contributed by atoms with Gasteiger partial charge >= 0.3 is 0 Å². The van der Waals surface area contributed by atoms with Gasteiger partial charge in [-0.2, -0.15) is 0 Å². The van der Waals surface area contributed by atoms with Crippen LogP contribution in [0.25, 0.3) is 16.6 Å². The highest BCUT2D eigenvalue weighted by molar-refractivity contribution is 5.92. The largest absolute Gasteiger partial charge is 0.347 e. The molecule has 0 unspecified atom stereocenters. The molecule has 1 aromatic carbocycles. The normalized spacial score (nSPS) is 10.9. The van der Waals surface area contributed by atoms with Gasteiger partial charge in [-0.3, -0.25) is 23.8 Å². The Bertz CT molecular complexity index is 1300. The summed E-state index contributed by atoms with van der Waals surface area (Å²) in [5.74, 6) is -1.14. The molecule has 0 fully saturated rings. The smallest absolute Gasteiger partial charge is 0.270 e. The number of aldehydes is 1. The van der Waals surface area contributed by atoms with E-state index in [0.29, 0.717) is 28.4 Å². The molecule has 28 heavy (non-hydrogen) atoms. The van der Waals surface area contributed by atoms with Crippen molar-refractivity contribution in [3.63, 3.8) is 0 Å². The molecular weight excluding hydrogens is 363 g/mol. The lowest BCUT2D eigenvalue weighted by Gasteiger charge is -2.07. The third kappa shape index (κ3) is 3.23. The third-order valence-corrected chi connectivity index (χ3v) is 4.24. The average Bonchev–Trinajstić information content (AvgIpc) is 2.71. The minimum atomic E-state index is -0.635. The molecule has 3 heterocycles. The Hall–Kier alpha value is -3.94. The van der Waals surface area contributed by atoms with Crippen LogP contribution in [0.5, 0.6) is 0 Å². The Kier molecular flexibility index (Phi) is 4.36. The van der Waals surface area contributed by atoms with E-state index in [1.54, 1.807) is 30.5 Å². The molecule has 0 radical (unpaired) electrons. The molecule has 8 heteroatoms. The Morgan fingerprint density at radius 3 is 2.89 bits per heavy atom. The number of hydrogen-bond acceptors (Lipinski definition) is 5. The van der Waals surface area contributed by atoms with Crippen molar-refractivity contribution in [1.29, 1.82) is 0 Å². The number of carbonyl (C=O) groups is 2. The van der Waals surface area contributed by atoms with Crippen molar-refractivity contribution in [2.75, 3.05) is 0 Å². The first-order valence-electron chi connectivity index (χ1n) is 8.35. The Labute approximate surface area is 157 Å². The van der Waals surface area contributed by atoms with Crippen molar-refractivity contribution in [3.05, 3.63) is 87.9 Å². The van der Waals surface area contributed by atoms with Gasteiger partial charge in [0.05, 0.1) is 11.1 Å². The number of halogens is 1. The number of nitrogens with zero attached hydrogens (tertiary/aromatic N) is 3. The summed E-state index contributed by atoms with van der Waals surface area (Å²) in [4.78, 5) is 43.7. The number of pyridine rings is 2. The van der Waals surface area contributed by atoms with Gasteiger partial charge < -0.3 is 5.32 Å². The van der Waals surface area contributed by atoms with Gasteiger partial charge in [0.2, 0.25) is 0 Å². The van der Waals surface area contributed by atoms with Crippen LogP contribution in [0.3, 0.4) is 0 Å². The molecule has 1 N–H and O–H groups in total. The third-order valence-electron chi connectivity index (χ3n) is 4.24. The van der Waals surface area contributed by atoms with E-state index in [4.69, 9.17) is 0 Å². The minimum absolute atomic E-state index is 0.00950. The predicted molar refractivity (Wildman–Crippen MR) is 99.7 cm³/mol. The van der Waals surface area contributed by atoms with Crippen LogP contribution < -0.4 is 10.9 Å². The van der Waals surface area contributed by atoms with E-state index in [-0.39, 0.29) is 23.4 Å². The quantitative estimate of drug-likeness (QED) is 0.551. The zero-order valence-electron chi connectivity index (χ0n) is 14.4. The van der Waals surface area contributed by atoms with Crippen molar-refractivity contribution in [2.45, 2.75) is 6.54 Å². The van der Waals surface area contributed by atoms with Crippen molar-refractivity contribution in [1.82, 2.24) is 19.7 Å². The fraction of sp³-hybridized carbons (Fsp3) is 0.0500. The van der Waals surface area contributed by atoms with Crippen LogP contribution in [0.15, 0.2) is 59.7 Å². The average molecular weight is 376 g/mol. The standard InChI is InChI=1S/C20H13FN4O3/c21-15-7-16-13(6-14(15)11-26)5-12(9-22-16)10-23-20(28)17-8-19(27)25-4-2-1-3-18(25)24-17/h1-9,11H,10H2,(H,23,28). The molecule has 138 valence electrons. The van der Waals surface area contributed by atoms with E-state index < -0.39 is 11.7 Å². The number of rotatable bonds is 4. The summed E-state index contributed by atoms with van der Waals surface area (Å²) in [6.07, 6.45) is 3.52. The molecule has 0 saturated carbocycles. The van der Waals surface area contributed by atoms with Gasteiger partial charge in [-0.15, -0.1) is 0 Å². The molecule has 0 saturated heterocycles. The van der Waals surface area contributed by atoms with Crippen molar-refractivity contribution >= 4 is 28.7 Å². The predicted octanol–water partition coefficient (Wildman–Crippen LogP) is 2.12. The number of fused-ring (bicyclic) bond motifs is 2. The number of benzene rings is 1. The first-order valence-corrected chi connectivity index (χ1v) is 8.35. The van der Waals surface area contributed by atoms with Crippen LogP contribution in [0.1, 0.15) is 26.4 Å². The van der Waals surface area contributed by atoms with E-state index in [0.717, 1.165) is 0 Å². The number of amides is 1. The molecule has 4 aromatic rings. The molecule has 3 aromatic heterocycles. The molecule has 1 amide bonds. The monoisotopic (exact) mass is 376 g/mol. The minimum Gasteiger partial charge on any atom is -0.347 e. The maximum atomic E-state index is 13.6. The molecule has 7 nitrogen and oxygen atoms in total. The summed E-state index contributed by atoms with van der Waals surface area (Å²) in [6, 6.07) is 10.5. The summed E-state index contributed by atoms with van der Waals surface area (Å²) in [5.41, 5.74) is 1.03. The zero-order valence-corrected chi connectivity index (χ0v) is 14.4. The number of carbonyl (C=O) groups excluding carboxylic acids is 2. The summed E-state index contributed by atoms with van der Waals surface area (Å²) in [7, 11) is 0. The number of aromatic nitrogens is 3. The van der Waals surface area contributed by atoms with Crippen molar-refractivity contribution in [2.24, 2.45) is 0 Å². The fourth-order valence-corrected chi connectivity index (χ4v) is 2.84. The van der Waals surface area contributed by atoms with Crippen LogP contribution in [0.4, 0.5) is 4.39 Å². The molecule has 4 rings (SSSR count). The highest BCUT2D eigenvalue weighted by Gasteiger charge is 2.11. The molecule has 0 atom stereocenters. The van der Waals surface area contributed by atoms with Crippen LogP contribution in [-0.2, 0) is 6.54 Å². The molecule has 0 aliphatic carbocycles. The molecule has 0 spiro atoms. The lowest BCUT2D eigenvalue weighted by Crippen LogP contribution is -2.27. The van der Waals surface area contributed by atoms with E-state index in [1.165, 1.54) is 28.8 Å². The molecule has 0 bridgehead atoms. The van der Waals surface area contributed by atoms with Crippen LogP contribution >= 0.6 is 0 Å². The lowest BCUT2D eigenvalue weighted by atomic mass is 10.1. The second-order valence-electron chi connectivity index (χ2n) is 6.12. The van der Waals surface area contributed by atoms with Crippen LogP contribution in [-0.4, -0.2) is 26.6 Å². The number of nitrogens with one attached hydrogen (secondary N) is 1. The van der Waals surface area contributed by atoms with Crippen LogP contribution in [0.2, 0.25) is 0 Å². The van der Waals surface area contributed by atoms with Gasteiger partial charge in [0, 0.05) is 36.5 Å². The maximum absolute atomic E-state index is 13.6. The second kappa shape index (κ2) is 6.99. The first-order chi connectivity index (χ1) is 13.5. The van der Waals surface area contributed by atoms with Gasteiger partial charge in [0.25, 0.3) is 11.5 Å². The Morgan fingerprint density at radius 1 is 1.21 bits per heavy atom. The zero-order chi connectivity index (χ0) is 19.7. The molecule has 0 aliphatic heterocycles. The molecule has 0 aliphatic rings. The summed E-state index contributed by atoms with van der Waals surface area (Å²) in [6.45, 7) is 0.130. The van der Waals surface area contributed by atoms with Crippen molar-refractivity contribution < 1.29 is 14.0 Å². The van der Waals surface area contributed by atoms with Gasteiger partial charge in [-0.25, -0.2) is 9.37 Å². The first kappa shape index (κ1) is 17.5. The van der Waals surface area contributed by atoms with Gasteiger partial charge in [0.15, 0.2) is 6.29 Å². The van der Waals surface area contributed by atoms with Gasteiger partial charge in [-0.1, -0.05) is 6.07 Å². The van der Waals surface area contributed by atoms with Gasteiger partial charge in [-0.05, 0) is 29.8 Å². The summed E-state index contributed by atoms with van der Waals surface area (Å²) in [5, 5.41) is 3.26. The lowest BCUT2D eigenvalue weighted by molar-refractivity contribution is 0.0945. The van der Waals surface area contributed by atoms with E-state index >= 15 is 0 Å². The topological polar surface area (TPSA) is 93.4 Å². The SMILES string of the molecule is O=Cc1cc2cc(CNC(=O)c3cc(=O)n4ccccc4n3)cnc2cc1F. The maximum Gasteiger partial charge on any atom is 0.270 e. The summed E-state index contributed by atoms with van der Waals surface area (Å²) >= 11 is 0.